The van der Waals surface area contributed by atoms with Crippen molar-refractivity contribution in [1.82, 2.24) is 10.6 Å². The summed E-state index contributed by atoms with van der Waals surface area (Å²) in [5.41, 5.74) is 1.11. The van der Waals surface area contributed by atoms with E-state index in [-0.39, 0.29) is 24.2 Å². The Kier molecular flexibility index (Phi) is 6.58. The average molecular weight is 322 g/mol. The number of thioether (sulfide) groups is 1. The highest BCUT2D eigenvalue weighted by atomic mass is 32.2. The Bertz CT molecular complexity index is 470. The van der Waals surface area contributed by atoms with E-state index >= 15 is 0 Å². The molecule has 3 N–H and O–H groups in total. The second-order valence-corrected chi connectivity index (χ2v) is 7.18. The average Bonchev–Trinajstić information content (AvgIpc) is 2.50. The van der Waals surface area contributed by atoms with Crippen LogP contribution in [-0.2, 0) is 0 Å². The van der Waals surface area contributed by atoms with Gasteiger partial charge >= 0.3 is 6.03 Å². The van der Waals surface area contributed by atoms with Gasteiger partial charge in [-0.25, -0.2) is 4.79 Å². The Morgan fingerprint density at radius 2 is 1.91 bits per heavy atom. The molecule has 1 fully saturated rings. The van der Waals surface area contributed by atoms with Crippen LogP contribution in [0.5, 0.6) is 0 Å². The number of hydrogen-bond acceptors (Lipinski definition) is 3. The SMILES string of the molecule is CCSc1ccc(C(C)NC(=O)NC2CCC(O)CC2)cc1. The Balaban J connectivity index is 1.80. The van der Waals surface area contributed by atoms with Crippen LogP contribution in [0.1, 0.15) is 51.1 Å². The summed E-state index contributed by atoms with van der Waals surface area (Å²) in [5.74, 6) is 1.06. The van der Waals surface area contributed by atoms with E-state index in [1.54, 1.807) is 0 Å². The van der Waals surface area contributed by atoms with E-state index in [1.807, 2.05) is 18.7 Å². The van der Waals surface area contributed by atoms with Crippen LogP contribution < -0.4 is 10.6 Å². The highest BCUT2D eigenvalue weighted by Crippen LogP contribution is 2.21. The van der Waals surface area contributed by atoms with Crippen molar-refractivity contribution in [2.45, 2.75) is 62.6 Å². The molecule has 2 amide bonds. The lowest BCUT2D eigenvalue weighted by Gasteiger charge is -2.27. The fourth-order valence-corrected chi connectivity index (χ4v) is 3.41. The van der Waals surface area contributed by atoms with Crippen molar-refractivity contribution < 1.29 is 9.90 Å². The van der Waals surface area contributed by atoms with Gasteiger partial charge in [0.15, 0.2) is 0 Å². The van der Waals surface area contributed by atoms with Crippen LogP contribution in [0.3, 0.4) is 0 Å². The lowest BCUT2D eigenvalue weighted by molar-refractivity contribution is 0.117. The van der Waals surface area contributed by atoms with E-state index in [1.165, 1.54) is 4.90 Å². The quantitative estimate of drug-likeness (QED) is 0.728. The number of aliphatic hydroxyl groups is 1. The first-order chi connectivity index (χ1) is 10.6. The van der Waals surface area contributed by atoms with Gasteiger partial charge in [0, 0.05) is 10.9 Å². The zero-order chi connectivity index (χ0) is 15.9. The molecular formula is C17H26N2O2S. The molecule has 1 aromatic carbocycles. The van der Waals surface area contributed by atoms with Crippen LogP contribution in [0, 0.1) is 0 Å². The summed E-state index contributed by atoms with van der Waals surface area (Å²) in [5, 5.41) is 15.5. The smallest absolute Gasteiger partial charge is 0.315 e. The molecule has 1 aliphatic rings. The summed E-state index contributed by atoms with van der Waals surface area (Å²) < 4.78 is 0. The molecule has 1 aliphatic carbocycles. The van der Waals surface area contributed by atoms with Crippen molar-refractivity contribution in [2.75, 3.05) is 5.75 Å². The molecule has 0 aromatic heterocycles. The molecule has 122 valence electrons. The van der Waals surface area contributed by atoms with Crippen LogP contribution in [0.15, 0.2) is 29.2 Å². The van der Waals surface area contributed by atoms with E-state index in [0.29, 0.717) is 0 Å². The molecule has 22 heavy (non-hydrogen) atoms. The maximum absolute atomic E-state index is 12.1. The predicted molar refractivity (Wildman–Crippen MR) is 91.2 cm³/mol. The minimum Gasteiger partial charge on any atom is -0.393 e. The third kappa shape index (κ3) is 5.21. The van der Waals surface area contributed by atoms with Gasteiger partial charge in [-0.1, -0.05) is 19.1 Å². The van der Waals surface area contributed by atoms with E-state index in [9.17, 15) is 9.90 Å². The fraction of sp³-hybridized carbons (Fsp3) is 0.588. The number of nitrogens with one attached hydrogen (secondary N) is 2. The van der Waals surface area contributed by atoms with E-state index < -0.39 is 0 Å². The van der Waals surface area contributed by atoms with Crippen molar-refractivity contribution in [3.05, 3.63) is 29.8 Å². The summed E-state index contributed by atoms with van der Waals surface area (Å²) in [6.07, 6.45) is 3.06. The maximum Gasteiger partial charge on any atom is 0.315 e. The molecule has 0 spiro atoms. The Morgan fingerprint density at radius 1 is 1.27 bits per heavy atom. The molecule has 0 saturated heterocycles. The number of urea groups is 1. The van der Waals surface area contributed by atoms with Crippen molar-refractivity contribution in [1.29, 1.82) is 0 Å². The minimum atomic E-state index is -0.195. The molecule has 1 unspecified atom stereocenters. The van der Waals surface area contributed by atoms with E-state index in [0.717, 1.165) is 37.0 Å². The highest BCUT2D eigenvalue weighted by Gasteiger charge is 2.21. The third-order valence-corrected chi connectivity index (χ3v) is 4.96. The zero-order valence-corrected chi connectivity index (χ0v) is 14.2. The predicted octanol–water partition coefficient (Wildman–Crippen LogP) is 3.46. The number of hydrogen-bond donors (Lipinski definition) is 3. The Hall–Kier alpha value is -1.20. The molecule has 0 bridgehead atoms. The van der Waals surface area contributed by atoms with Crippen molar-refractivity contribution in [2.24, 2.45) is 0 Å². The monoisotopic (exact) mass is 322 g/mol. The number of rotatable bonds is 5. The number of carbonyl (C=O) groups is 1. The molecule has 0 radical (unpaired) electrons. The normalized spacial score (nSPS) is 22.9. The van der Waals surface area contributed by atoms with Gasteiger partial charge < -0.3 is 15.7 Å². The number of benzene rings is 1. The lowest BCUT2D eigenvalue weighted by Crippen LogP contribution is -2.44. The van der Waals surface area contributed by atoms with Crippen LogP contribution in [-0.4, -0.2) is 29.0 Å². The molecule has 0 aliphatic heterocycles. The zero-order valence-electron chi connectivity index (χ0n) is 13.3. The molecule has 1 atom stereocenters. The van der Waals surface area contributed by atoms with E-state index in [2.05, 4.69) is 41.8 Å². The van der Waals surface area contributed by atoms with Gasteiger partial charge in [0.05, 0.1) is 12.1 Å². The summed E-state index contributed by atoms with van der Waals surface area (Å²) >= 11 is 1.81. The number of carbonyl (C=O) groups excluding carboxylic acids is 1. The fourth-order valence-electron chi connectivity index (χ4n) is 2.75. The standard InChI is InChI=1S/C17H26N2O2S/c1-3-22-16-10-4-13(5-11-16)12(2)18-17(21)19-14-6-8-15(20)9-7-14/h4-5,10-12,14-15,20H,3,6-9H2,1-2H3,(H2,18,19,21). The summed E-state index contributed by atoms with van der Waals surface area (Å²) in [6.45, 7) is 4.13. The Labute approximate surface area is 137 Å². The molecule has 0 heterocycles. The second-order valence-electron chi connectivity index (χ2n) is 5.85. The molecule has 4 nitrogen and oxygen atoms in total. The van der Waals surface area contributed by atoms with Crippen molar-refractivity contribution in [3.8, 4) is 0 Å². The minimum absolute atomic E-state index is 0.0187. The second kappa shape index (κ2) is 8.44. The number of amides is 2. The molecule has 1 aromatic rings. The first-order valence-electron chi connectivity index (χ1n) is 8.06. The summed E-state index contributed by atoms with van der Waals surface area (Å²) in [7, 11) is 0. The van der Waals surface area contributed by atoms with Gasteiger partial charge in [0.1, 0.15) is 0 Å². The van der Waals surface area contributed by atoms with Crippen LogP contribution in [0.2, 0.25) is 0 Å². The van der Waals surface area contributed by atoms with Crippen LogP contribution in [0.25, 0.3) is 0 Å². The van der Waals surface area contributed by atoms with E-state index in [4.69, 9.17) is 0 Å². The van der Waals surface area contributed by atoms with Crippen molar-refractivity contribution in [3.63, 3.8) is 0 Å². The van der Waals surface area contributed by atoms with Crippen molar-refractivity contribution >= 4 is 17.8 Å². The van der Waals surface area contributed by atoms with Gasteiger partial charge in [-0.3, -0.25) is 0 Å². The number of aliphatic hydroxyl groups excluding tert-OH is 1. The highest BCUT2D eigenvalue weighted by molar-refractivity contribution is 7.99. The third-order valence-electron chi connectivity index (χ3n) is 4.07. The van der Waals surface area contributed by atoms with Gasteiger partial charge in [-0.2, -0.15) is 0 Å². The van der Waals surface area contributed by atoms with Gasteiger partial charge in [-0.05, 0) is 56.1 Å². The summed E-state index contributed by atoms with van der Waals surface area (Å²) in [4.78, 5) is 13.3. The molecule has 2 rings (SSSR count). The van der Waals surface area contributed by atoms with Crippen LogP contribution >= 0.6 is 11.8 Å². The first-order valence-corrected chi connectivity index (χ1v) is 9.05. The maximum atomic E-state index is 12.1. The van der Waals surface area contributed by atoms with Gasteiger partial charge in [-0.15, -0.1) is 11.8 Å². The largest absolute Gasteiger partial charge is 0.393 e. The van der Waals surface area contributed by atoms with Gasteiger partial charge in [0.25, 0.3) is 0 Å². The first kappa shape index (κ1) is 17.2. The molecular weight excluding hydrogens is 296 g/mol. The lowest BCUT2D eigenvalue weighted by atomic mass is 9.93. The molecule has 1 saturated carbocycles. The van der Waals surface area contributed by atoms with Crippen LogP contribution in [0.4, 0.5) is 4.79 Å². The Morgan fingerprint density at radius 3 is 2.50 bits per heavy atom. The molecule has 5 heteroatoms. The summed E-state index contributed by atoms with van der Waals surface area (Å²) in [6, 6.07) is 8.37. The van der Waals surface area contributed by atoms with Gasteiger partial charge in [0.2, 0.25) is 0 Å². The topological polar surface area (TPSA) is 61.4 Å².